The van der Waals surface area contributed by atoms with Gasteiger partial charge < -0.3 is 9.64 Å². The van der Waals surface area contributed by atoms with E-state index >= 15 is 0 Å². The molecule has 0 saturated carbocycles. The minimum atomic E-state index is -0.284. The molecule has 1 atom stereocenters. The van der Waals surface area contributed by atoms with E-state index in [1.807, 2.05) is 60.4 Å². The van der Waals surface area contributed by atoms with Crippen LogP contribution in [0.4, 0.5) is 0 Å². The third-order valence-electron chi connectivity index (χ3n) is 6.78. The molecule has 3 heterocycles. The first-order valence-electron chi connectivity index (χ1n) is 10.9. The van der Waals surface area contributed by atoms with Crippen molar-refractivity contribution in [3.63, 3.8) is 0 Å². The summed E-state index contributed by atoms with van der Waals surface area (Å²) in [5, 5.41) is 8.82. The van der Waals surface area contributed by atoms with Gasteiger partial charge in [0.2, 0.25) is 5.91 Å². The Morgan fingerprint density at radius 1 is 1.03 bits per heavy atom. The topological polar surface area (TPSA) is 77.3 Å². The Hall–Kier alpha value is -3.48. The number of amides is 1. The maximum atomic E-state index is 13.2. The molecular weight excluding hydrogens is 404 g/mol. The van der Waals surface area contributed by atoms with Gasteiger partial charge in [0.25, 0.3) is 5.56 Å². The van der Waals surface area contributed by atoms with Crippen LogP contribution in [0.1, 0.15) is 29.8 Å². The number of benzene rings is 2. The normalized spacial score (nSPS) is 19.4. The Bertz CT molecular complexity index is 1220. The zero-order valence-electron chi connectivity index (χ0n) is 18.4. The van der Waals surface area contributed by atoms with Crippen molar-refractivity contribution >= 4 is 5.91 Å². The number of ether oxygens (including phenoxy) is 1. The van der Waals surface area contributed by atoms with E-state index in [1.165, 1.54) is 5.56 Å². The van der Waals surface area contributed by atoms with E-state index in [0.717, 1.165) is 29.7 Å². The Balaban J connectivity index is 1.37. The largest absolute Gasteiger partial charge is 0.497 e. The zero-order chi connectivity index (χ0) is 22.3. The lowest BCUT2D eigenvalue weighted by Gasteiger charge is -2.23. The first-order chi connectivity index (χ1) is 15.5. The summed E-state index contributed by atoms with van der Waals surface area (Å²) in [6, 6.07) is 15.3. The van der Waals surface area contributed by atoms with Gasteiger partial charge in [0.05, 0.1) is 18.9 Å². The van der Waals surface area contributed by atoms with Crippen LogP contribution < -0.4 is 10.3 Å². The highest BCUT2D eigenvalue weighted by molar-refractivity contribution is 5.79. The number of aryl methyl sites for hydroxylation is 1. The molecule has 1 spiro atoms. The van der Waals surface area contributed by atoms with Crippen molar-refractivity contribution < 1.29 is 9.53 Å². The van der Waals surface area contributed by atoms with E-state index in [-0.39, 0.29) is 16.9 Å². The summed E-state index contributed by atoms with van der Waals surface area (Å²) in [6.45, 7) is 3.91. The van der Waals surface area contributed by atoms with E-state index in [0.29, 0.717) is 37.6 Å². The number of carbonyl (C=O) groups is 1. The van der Waals surface area contributed by atoms with E-state index in [2.05, 4.69) is 10.2 Å². The molecule has 0 aliphatic carbocycles. The maximum Gasteiger partial charge on any atom is 0.280 e. The number of hydrogen-bond donors (Lipinski definition) is 0. The van der Waals surface area contributed by atoms with Crippen LogP contribution in [-0.2, 0) is 23.2 Å². The number of aromatic nitrogens is 3. The number of carbonyl (C=O) groups excluding carboxylic acids is 1. The molecule has 7 nitrogen and oxygen atoms in total. The standard InChI is InChI=1S/C25H26N4O3/c1-17-3-5-18(6-4-17)15-21(30)28-13-11-25(16-28)12-14-29-23(31)22(26-27-24(25)29)19-7-9-20(32-2)10-8-19/h3-10H,11-16H2,1-2H3. The molecule has 0 N–H and O–H groups in total. The van der Waals surface area contributed by atoms with Gasteiger partial charge in [0, 0.05) is 25.2 Å². The predicted molar refractivity (Wildman–Crippen MR) is 121 cm³/mol. The zero-order valence-corrected chi connectivity index (χ0v) is 18.4. The van der Waals surface area contributed by atoms with Crippen LogP contribution >= 0.6 is 0 Å². The van der Waals surface area contributed by atoms with Gasteiger partial charge in [-0.25, -0.2) is 0 Å². The quantitative estimate of drug-likeness (QED) is 0.636. The number of nitrogens with zero attached hydrogens (tertiary/aromatic N) is 4. The molecule has 2 aliphatic heterocycles. The van der Waals surface area contributed by atoms with E-state index < -0.39 is 0 Å². The van der Waals surface area contributed by atoms with E-state index in [1.54, 1.807) is 11.7 Å². The highest BCUT2D eigenvalue weighted by Crippen LogP contribution is 2.41. The second-order valence-corrected chi connectivity index (χ2v) is 8.82. The first kappa shape index (κ1) is 20.4. The van der Waals surface area contributed by atoms with Gasteiger partial charge in [0.15, 0.2) is 5.69 Å². The van der Waals surface area contributed by atoms with E-state index in [9.17, 15) is 9.59 Å². The Morgan fingerprint density at radius 2 is 1.75 bits per heavy atom. The fourth-order valence-electron chi connectivity index (χ4n) is 4.85. The van der Waals surface area contributed by atoms with Crippen LogP contribution in [0, 0.1) is 6.92 Å². The molecule has 2 aliphatic rings. The third kappa shape index (κ3) is 3.47. The molecule has 2 aromatic carbocycles. The van der Waals surface area contributed by atoms with Crippen LogP contribution in [-0.4, -0.2) is 45.8 Å². The summed E-state index contributed by atoms with van der Waals surface area (Å²) in [4.78, 5) is 28.0. The van der Waals surface area contributed by atoms with Crippen LogP contribution in [0.15, 0.2) is 53.3 Å². The van der Waals surface area contributed by atoms with Crippen LogP contribution in [0.2, 0.25) is 0 Å². The van der Waals surface area contributed by atoms with Crippen molar-refractivity contribution in [1.82, 2.24) is 19.7 Å². The molecule has 5 rings (SSSR count). The molecular formula is C25H26N4O3. The van der Waals surface area contributed by atoms with Gasteiger partial charge >= 0.3 is 0 Å². The van der Waals surface area contributed by atoms with Gasteiger partial charge in [-0.15, -0.1) is 10.2 Å². The molecule has 1 aromatic heterocycles. The molecule has 1 amide bonds. The molecule has 1 saturated heterocycles. The summed E-state index contributed by atoms with van der Waals surface area (Å²) >= 11 is 0. The first-order valence-corrected chi connectivity index (χ1v) is 10.9. The van der Waals surface area contributed by atoms with Crippen molar-refractivity contribution in [2.24, 2.45) is 0 Å². The maximum absolute atomic E-state index is 13.2. The van der Waals surface area contributed by atoms with Gasteiger partial charge in [-0.1, -0.05) is 29.8 Å². The fraction of sp³-hybridized carbons (Fsp3) is 0.360. The van der Waals surface area contributed by atoms with Crippen LogP contribution in [0.25, 0.3) is 11.3 Å². The smallest absolute Gasteiger partial charge is 0.280 e. The lowest BCUT2D eigenvalue weighted by molar-refractivity contribution is -0.129. The molecule has 3 aromatic rings. The SMILES string of the molecule is COc1ccc(-c2nnc3n(c2=O)CCC32CCN(C(=O)Cc3ccc(C)cc3)C2)cc1. The highest BCUT2D eigenvalue weighted by Gasteiger charge is 2.48. The fourth-order valence-corrected chi connectivity index (χ4v) is 4.85. The number of methoxy groups -OCH3 is 1. The molecule has 7 heteroatoms. The minimum Gasteiger partial charge on any atom is -0.497 e. The minimum absolute atomic E-state index is 0.120. The number of fused-ring (bicyclic) bond motifs is 2. The second-order valence-electron chi connectivity index (χ2n) is 8.82. The molecule has 1 unspecified atom stereocenters. The number of rotatable bonds is 4. The Labute approximate surface area is 186 Å². The second kappa shape index (κ2) is 7.89. The van der Waals surface area contributed by atoms with Crippen molar-refractivity contribution in [2.75, 3.05) is 20.2 Å². The summed E-state index contributed by atoms with van der Waals surface area (Å²) < 4.78 is 6.94. The average molecular weight is 431 g/mol. The Morgan fingerprint density at radius 3 is 2.47 bits per heavy atom. The summed E-state index contributed by atoms with van der Waals surface area (Å²) in [7, 11) is 1.61. The van der Waals surface area contributed by atoms with E-state index in [4.69, 9.17) is 4.74 Å². The molecule has 0 radical (unpaired) electrons. The molecule has 164 valence electrons. The Kier molecular flexibility index (Phi) is 5.04. The van der Waals surface area contributed by atoms with Crippen molar-refractivity contribution in [3.8, 4) is 17.0 Å². The highest BCUT2D eigenvalue weighted by atomic mass is 16.5. The third-order valence-corrected chi connectivity index (χ3v) is 6.78. The van der Waals surface area contributed by atoms with Crippen molar-refractivity contribution in [1.29, 1.82) is 0 Å². The van der Waals surface area contributed by atoms with Gasteiger partial charge in [-0.3, -0.25) is 14.2 Å². The molecule has 0 bridgehead atoms. The monoisotopic (exact) mass is 430 g/mol. The van der Waals surface area contributed by atoms with Gasteiger partial charge in [-0.2, -0.15) is 0 Å². The summed E-state index contributed by atoms with van der Waals surface area (Å²) in [6.07, 6.45) is 2.01. The number of hydrogen-bond acceptors (Lipinski definition) is 5. The number of likely N-dealkylation sites (tertiary alicyclic amines) is 1. The molecule has 32 heavy (non-hydrogen) atoms. The van der Waals surface area contributed by atoms with Crippen molar-refractivity contribution in [3.05, 3.63) is 75.8 Å². The average Bonchev–Trinajstić information content (AvgIpc) is 3.41. The van der Waals surface area contributed by atoms with Gasteiger partial charge in [-0.05, 0) is 49.6 Å². The molecule has 1 fully saturated rings. The van der Waals surface area contributed by atoms with Crippen LogP contribution in [0.5, 0.6) is 5.75 Å². The lowest BCUT2D eigenvalue weighted by Crippen LogP contribution is -2.36. The summed E-state index contributed by atoms with van der Waals surface area (Å²) in [5.74, 6) is 1.56. The summed E-state index contributed by atoms with van der Waals surface area (Å²) in [5.41, 5.74) is 2.87. The van der Waals surface area contributed by atoms with Gasteiger partial charge in [0.1, 0.15) is 11.6 Å². The lowest BCUT2D eigenvalue weighted by atomic mass is 9.85. The predicted octanol–water partition coefficient (Wildman–Crippen LogP) is 2.74. The van der Waals surface area contributed by atoms with Crippen LogP contribution in [0.3, 0.4) is 0 Å². The van der Waals surface area contributed by atoms with Crippen molar-refractivity contribution in [2.45, 2.75) is 38.1 Å².